The summed E-state index contributed by atoms with van der Waals surface area (Å²) in [5.74, 6) is -0.310. The minimum absolute atomic E-state index is 0.129. The Hall–Kier alpha value is -2.11. The number of esters is 1. The van der Waals surface area contributed by atoms with Gasteiger partial charge in [0.1, 0.15) is 11.6 Å². The predicted octanol–water partition coefficient (Wildman–Crippen LogP) is 1.62. The number of halogens is 1. The van der Waals surface area contributed by atoms with Crippen molar-refractivity contribution in [3.05, 3.63) is 30.1 Å². The zero-order valence-corrected chi connectivity index (χ0v) is 11.6. The number of amides is 1. The average molecular weight is 283 g/mol. The van der Waals surface area contributed by atoms with Crippen molar-refractivity contribution in [1.29, 1.82) is 0 Å². The highest BCUT2D eigenvalue weighted by molar-refractivity contribution is 5.77. The highest BCUT2D eigenvalue weighted by Crippen LogP contribution is 2.11. The van der Waals surface area contributed by atoms with Gasteiger partial charge in [-0.25, -0.2) is 4.39 Å². The average Bonchev–Trinajstić information content (AvgIpc) is 2.46. The monoisotopic (exact) mass is 283 g/mol. The van der Waals surface area contributed by atoms with Crippen LogP contribution in [0, 0.1) is 5.82 Å². The summed E-state index contributed by atoms with van der Waals surface area (Å²) in [5, 5.41) is 0. The first-order valence-electron chi connectivity index (χ1n) is 6.22. The van der Waals surface area contributed by atoms with Gasteiger partial charge in [-0.1, -0.05) is 0 Å². The smallest absolute Gasteiger partial charge is 0.307 e. The van der Waals surface area contributed by atoms with E-state index in [0.29, 0.717) is 12.3 Å². The number of ether oxygens (including phenoxy) is 2. The van der Waals surface area contributed by atoms with Gasteiger partial charge in [0.05, 0.1) is 26.6 Å². The van der Waals surface area contributed by atoms with Gasteiger partial charge in [-0.3, -0.25) is 9.59 Å². The normalized spacial score (nSPS) is 9.95. The summed E-state index contributed by atoms with van der Waals surface area (Å²) in [7, 11) is 2.92. The van der Waals surface area contributed by atoms with E-state index in [0.717, 1.165) is 0 Å². The van der Waals surface area contributed by atoms with Crippen molar-refractivity contribution in [3.63, 3.8) is 0 Å². The van der Waals surface area contributed by atoms with Crippen LogP contribution >= 0.6 is 0 Å². The SMILES string of the molecule is COC(=O)CCN(C)C(=O)CCOc1ccc(F)cc1. The molecule has 0 aliphatic carbocycles. The van der Waals surface area contributed by atoms with Crippen LogP contribution in [-0.2, 0) is 14.3 Å². The van der Waals surface area contributed by atoms with Crippen LogP contribution in [0.4, 0.5) is 4.39 Å². The van der Waals surface area contributed by atoms with E-state index in [9.17, 15) is 14.0 Å². The minimum Gasteiger partial charge on any atom is -0.493 e. The lowest BCUT2D eigenvalue weighted by molar-refractivity contribution is -0.141. The van der Waals surface area contributed by atoms with Crippen molar-refractivity contribution in [2.24, 2.45) is 0 Å². The summed E-state index contributed by atoms with van der Waals surface area (Å²) in [4.78, 5) is 24.1. The molecule has 0 fully saturated rings. The number of carbonyl (C=O) groups is 2. The fourth-order valence-electron chi connectivity index (χ4n) is 1.46. The molecule has 0 radical (unpaired) electrons. The van der Waals surface area contributed by atoms with E-state index in [4.69, 9.17) is 4.74 Å². The number of carbonyl (C=O) groups excluding carboxylic acids is 2. The molecule has 6 heteroatoms. The Bertz CT molecular complexity index is 447. The van der Waals surface area contributed by atoms with Gasteiger partial charge in [-0.2, -0.15) is 0 Å². The van der Waals surface area contributed by atoms with E-state index < -0.39 is 0 Å². The Morgan fingerprint density at radius 1 is 1.20 bits per heavy atom. The molecule has 0 spiro atoms. The highest BCUT2D eigenvalue weighted by Gasteiger charge is 2.11. The number of benzene rings is 1. The molecule has 0 atom stereocenters. The summed E-state index contributed by atoms with van der Waals surface area (Å²) in [5.41, 5.74) is 0. The molecule has 0 unspecified atom stereocenters. The second kappa shape index (κ2) is 8.14. The first-order valence-corrected chi connectivity index (χ1v) is 6.22. The molecular weight excluding hydrogens is 265 g/mol. The maximum absolute atomic E-state index is 12.7. The first-order chi connectivity index (χ1) is 9.52. The van der Waals surface area contributed by atoms with Crippen LogP contribution in [0.5, 0.6) is 5.75 Å². The molecule has 0 aliphatic heterocycles. The predicted molar refractivity (Wildman–Crippen MR) is 70.8 cm³/mol. The molecule has 1 rings (SSSR count). The fraction of sp³-hybridized carbons (Fsp3) is 0.429. The Morgan fingerprint density at radius 2 is 1.85 bits per heavy atom. The second-order valence-corrected chi connectivity index (χ2v) is 4.19. The van der Waals surface area contributed by atoms with Crippen LogP contribution in [0.25, 0.3) is 0 Å². The molecule has 110 valence electrons. The topological polar surface area (TPSA) is 55.8 Å². The molecule has 5 nitrogen and oxygen atoms in total. The van der Waals surface area contributed by atoms with Gasteiger partial charge < -0.3 is 14.4 Å². The molecular formula is C14H18FNO4. The van der Waals surface area contributed by atoms with Crippen LogP contribution in [-0.4, -0.2) is 44.1 Å². The summed E-state index contributed by atoms with van der Waals surface area (Å²) in [6, 6.07) is 5.58. The van der Waals surface area contributed by atoms with Crippen molar-refractivity contribution in [2.45, 2.75) is 12.8 Å². The molecule has 0 bridgehead atoms. The third-order valence-electron chi connectivity index (χ3n) is 2.70. The van der Waals surface area contributed by atoms with Crippen molar-refractivity contribution >= 4 is 11.9 Å². The quantitative estimate of drug-likeness (QED) is 0.713. The zero-order chi connectivity index (χ0) is 15.0. The van der Waals surface area contributed by atoms with Crippen molar-refractivity contribution in [3.8, 4) is 5.75 Å². The lowest BCUT2D eigenvalue weighted by atomic mass is 10.3. The molecule has 0 N–H and O–H groups in total. The molecule has 0 heterocycles. The van der Waals surface area contributed by atoms with Crippen molar-refractivity contribution < 1.29 is 23.5 Å². The molecule has 1 amide bonds. The number of nitrogens with zero attached hydrogens (tertiary/aromatic N) is 1. The lowest BCUT2D eigenvalue weighted by Gasteiger charge is -2.16. The molecule has 20 heavy (non-hydrogen) atoms. The highest BCUT2D eigenvalue weighted by atomic mass is 19.1. The third kappa shape index (κ3) is 5.69. The van der Waals surface area contributed by atoms with Crippen LogP contribution in [0.2, 0.25) is 0 Å². The van der Waals surface area contributed by atoms with Gasteiger partial charge >= 0.3 is 5.97 Å². The van der Waals surface area contributed by atoms with E-state index in [1.165, 1.54) is 36.3 Å². The van der Waals surface area contributed by atoms with Crippen LogP contribution in [0.3, 0.4) is 0 Å². The van der Waals surface area contributed by atoms with Crippen molar-refractivity contribution in [1.82, 2.24) is 4.90 Å². The maximum atomic E-state index is 12.7. The fourth-order valence-corrected chi connectivity index (χ4v) is 1.46. The number of methoxy groups -OCH3 is 1. The Morgan fingerprint density at radius 3 is 2.45 bits per heavy atom. The van der Waals surface area contributed by atoms with Gasteiger partial charge in [0, 0.05) is 13.6 Å². The molecule has 1 aromatic rings. The first kappa shape index (κ1) is 15.9. The van der Waals surface area contributed by atoms with Gasteiger partial charge in [-0.15, -0.1) is 0 Å². The third-order valence-corrected chi connectivity index (χ3v) is 2.70. The van der Waals surface area contributed by atoms with Gasteiger partial charge in [0.25, 0.3) is 0 Å². The molecule has 1 aromatic carbocycles. The number of rotatable bonds is 7. The maximum Gasteiger partial charge on any atom is 0.307 e. The number of hydrogen-bond donors (Lipinski definition) is 0. The molecule has 0 aliphatic rings. The number of hydrogen-bond acceptors (Lipinski definition) is 4. The second-order valence-electron chi connectivity index (χ2n) is 4.19. The van der Waals surface area contributed by atoms with Crippen molar-refractivity contribution in [2.75, 3.05) is 27.3 Å². The largest absolute Gasteiger partial charge is 0.493 e. The molecule has 0 saturated carbocycles. The summed E-state index contributed by atoms with van der Waals surface area (Å²) in [6.07, 6.45) is 0.354. The van der Waals surface area contributed by atoms with Crippen LogP contribution in [0.1, 0.15) is 12.8 Å². The van der Waals surface area contributed by atoms with Crippen LogP contribution in [0.15, 0.2) is 24.3 Å². The molecule has 0 saturated heterocycles. The summed E-state index contributed by atoms with van der Waals surface area (Å²) < 4.78 is 22.5. The van der Waals surface area contributed by atoms with E-state index >= 15 is 0 Å². The zero-order valence-electron chi connectivity index (χ0n) is 11.6. The summed E-state index contributed by atoms with van der Waals surface area (Å²) in [6.45, 7) is 0.509. The minimum atomic E-state index is -0.354. The standard InChI is InChI=1S/C14H18FNO4/c1-16(9-7-14(18)19-2)13(17)8-10-20-12-5-3-11(15)4-6-12/h3-6H,7-10H2,1-2H3. The van der Waals surface area contributed by atoms with E-state index in [2.05, 4.69) is 4.74 Å². The van der Waals surface area contributed by atoms with Crippen LogP contribution < -0.4 is 4.74 Å². The summed E-state index contributed by atoms with van der Waals surface area (Å²) >= 11 is 0. The molecule has 0 aromatic heterocycles. The van der Waals surface area contributed by atoms with Gasteiger partial charge in [0.15, 0.2) is 0 Å². The van der Waals surface area contributed by atoms with E-state index in [1.54, 1.807) is 7.05 Å². The van der Waals surface area contributed by atoms with E-state index in [-0.39, 0.29) is 37.1 Å². The van der Waals surface area contributed by atoms with Gasteiger partial charge in [0.2, 0.25) is 5.91 Å². The Labute approximate surface area is 117 Å². The lowest BCUT2D eigenvalue weighted by Crippen LogP contribution is -2.30. The van der Waals surface area contributed by atoms with Gasteiger partial charge in [-0.05, 0) is 24.3 Å². The van der Waals surface area contributed by atoms with E-state index in [1.807, 2.05) is 0 Å². The Balaban J connectivity index is 2.25. The Kier molecular flexibility index (Phi) is 6.49.